The summed E-state index contributed by atoms with van der Waals surface area (Å²) in [6.45, 7) is 4.57. The Kier molecular flexibility index (Phi) is 4.25. The highest BCUT2D eigenvalue weighted by Gasteiger charge is 2.15. The van der Waals surface area contributed by atoms with E-state index in [1.165, 1.54) is 42.8 Å². The lowest BCUT2D eigenvalue weighted by atomic mass is 9.93. The van der Waals surface area contributed by atoms with Gasteiger partial charge in [-0.05, 0) is 52.9 Å². The molecule has 31 heavy (non-hydrogen) atoms. The smallest absolute Gasteiger partial charge is 0.124 e. The molecule has 3 aromatic heterocycles. The van der Waals surface area contributed by atoms with Crippen LogP contribution in [0.2, 0.25) is 0 Å². The molecule has 3 heteroatoms. The molecule has 6 aromatic rings. The van der Waals surface area contributed by atoms with Crippen LogP contribution in [-0.2, 0) is 6.42 Å². The molecule has 0 aliphatic rings. The van der Waals surface area contributed by atoms with Crippen molar-refractivity contribution in [1.29, 1.82) is 0 Å². The molecule has 0 amide bonds. The number of rotatable bonds is 3. The molecule has 0 N–H and O–H groups in total. The quantitative estimate of drug-likeness (QED) is 0.272. The van der Waals surface area contributed by atoms with E-state index < -0.39 is 0 Å². The van der Waals surface area contributed by atoms with E-state index in [9.17, 15) is 0 Å². The zero-order chi connectivity index (χ0) is 20.9. The zero-order valence-electron chi connectivity index (χ0n) is 17.6. The zero-order valence-corrected chi connectivity index (χ0v) is 18.4. The average Bonchev–Trinajstić information content (AvgIpc) is 3.17. The number of fused-ring (bicyclic) bond motifs is 6. The molecule has 6 rings (SSSR count). The monoisotopic (exact) mass is 418 g/mol. The lowest BCUT2D eigenvalue weighted by molar-refractivity contribution is 0.650. The number of pyridine rings is 2. The maximum absolute atomic E-state index is 5.17. The third-order valence-corrected chi connectivity index (χ3v) is 7.12. The lowest BCUT2D eigenvalue weighted by Crippen LogP contribution is -1.99. The van der Waals surface area contributed by atoms with Gasteiger partial charge in [-0.3, -0.25) is 0 Å². The van der Waals surface area contributed by atoms with Crippen LogP contribution in [0.15, 0.2) is 79.0 Å². The summed E-state index contributed by atoms with van der Waals surface area (Å²) in [6.07, 6.45) is 2.90. The molecule has 0 bridgehead atoms. The summed E-state index contributed by atoms with van der Waals surface area (Å²) >= 11 is 1.76. The van der Waals surface area contributed by atoms with Crippen LogP contribution in [0.5, 0.6) is 0 Å². The third-order valence-electron chi connectivity index (χ3n) is 5.96. The van der Waals surface area contributed by atoms with Crippen molar-refractivity contribution in [1.82, 2.24) is 9.97 Å². The largest absolute Gasteiger partial charge is 0.248 e. The number of benzene rings is 3. The van der Waals surface area contributed by atoms with Crippen molar-refractivity contribution >= 4 is 53.3 Å². The number of thiophene rings is 1. The molecule has 0 spiro atoms. The second-order valence-electron chi connectivity index (χ2n) is 8.59. The van der Waals surface area contributed by atoms with Crippen molar-refractivity contribution in [3.8, 4) is 11.3 Å². The van der Waals surface area contributed by atoms with Crippen LogP contribution in [0, 0.1) is 5.92 Å². The summed E-state index contributed by atoms with van der Waals surface area (Å²) in [6, 6.07) is 26.1. The van der Waals surface area contributed by atoms with Gasteiger partial charge in [0.05, 0.1) is 11.2 Å². The first-order valence-corrected chi connectivity index (χ1v) is 11.6. The number of hydrogen-bond donors (Lipinski definition) is 0. The minimum atomic E-state index is 0.571. The van der Waals surface area contributed by atoms with Gasteiger partial charge in [-0.25, -0.2) is 9.97 Å². The fraction of sp³-hybridized carbons (Fsp3) is 0.143. The van der Waals surface area contributed by atoms with E-state index in [0.717, 1.165) is 22.5 Å². The molecule has 0 radical (unpaired) electrons. The van der Waals surface area contributed by atoms with E-state index in [1.807, 2.05) is 12.3 Å². The molecule has 0 saturated heterocycles. The fourth-order valence-corrected chi connectivity index (χ4v) is 5.83. The van der Waals surface area contributed by atoms with Crippen LogP contribution >= 0.6 is 11.3 Å². The Morgan fingerprint density at radius 2 is 1.68 bits per heavy atom. The highest BCUT2D eigenvalue weighted by Crippen LogP contribution is 2.40. The average molecular weight is 419 g/mol. The van der Waals surface area contributed by atoms with Gasteiger partial charge in [0.2, 0.25) is 0 Å². The first-order chi connectivity index (χ1) is 15.2. The van der Waals surface area contributed by atoms with Crippen molar-refractivity contribution in [2.45, 2.75) is 20.3 Å². The molecular formula is C28H22N2S. The summed E-state index contributed by atoms with van der Waals surface area (Å²) < 4.78 is 1.26. The van der Waals surface area contributed by atoms with Crippen LogP contribution in [0.25, 0.3) is 53.2 Å². The van der Waals surface area contributed by atoms with E-state index in [1.54, 1.807) is 11.3 Å². The standard InChI is InChI=1S/C28H22N2S/c1-17(2)15-19-16-25(30-24-13-12-18-7-3-4-8-20(18)26(19)24)23-10-5-9-21-22-11-6-14-29-28(22)31-27(21)23/h3-14,16-17H,15H2,1-2H3. The van der Waals surface area contributed by atoms with Gasteiger partial charge >= 0.3 is 0 Å². The summed E-state index contributed by atoms with van der Waals surface area (Å²) in [7, 11) is 0. The minimum absolute atomic E-state index is 0.571. The van der Waals surface area contributed by atoms with E-state index in [2.05, 4.69) is 85.6 Å². The number of nitrogens with zero attached hydrogens (tertiary/aromatic N) is 2. The van der Waals surface area contributed by atoms with Crippen LogP contribution < -0.4 is 0 Å². The molecule has 0 atom stereocenters. The van der Waals surface area contributed by atoms with Crippen molar-refractivity contribution in [2.75, 3.05) is 0 Å². The lowest BCUT2D eigenvalue weighted by Gasteiger charge is -2.14. The number of aromatic nitrogens is 2. The second-order valence-corrected chi connectivity index (χ2v) is 9.58. The second kappa shape index (κ2) is 7.14. The first kappa shape index (κ1) is 18.5. The first-order valence-electron chi connectivity index (χ1n) is 10.8. The summed E-state index contributed by atoms with van der Waals surface area (Å²) in [4.78, 5) is 10.8. The van der Waals surface area contributed by atoms with Gasteiger partial charge in [-0.2, -0.15) is 0 Å². The van der Waals surface area contributed by atoms with Crippen molar-refractivity contribution in [2.24, 2.45) is 5.92 Å². The van der Waals surface area contributed by atoms with Gasteiger partial charge in [-0.15, -0.1) is 11.3 Å². The highest BCUT2D eigenvalue weighted by atomic mass is 32.1. The SMILES string of the molecule is CC(C)Cc1cc(-c2cccc3c2sc2ncccc23)nc2ccc3ccccc3c12. The molecule has 150 valence electrons. The number of hydrogen-bond acceptors (Lipinski definition) is 3. The van der Waals surface area contributed by atoms with Crippen molar-refractivity contribution in [3.63, 3.8) is 0 Å². The molecule has 3 aromatic carbocycles. The summed E-state index contributed by atoms with van der Waals surface area (Å²) in [5, 5.41) is 6.34. The minimum Gasteiger partial charge on any atom is -0.248 e. The molecule has 0 aliphatic heterocycles. The topological polar surface area (TPSA) is 25.8 Å². The Morgan fingerprint density at radius 1 is 0.839 bits per heavy atom. The van der Waals surface area contributed by atoms with Gasteiger partial charge in [0.15, 0.2) is 0 Å². The molecular weight excluding hydrogens is 396 g/mol. The van der Waals surface area contributed by atoms with Gasteiger partial charge < -0.3 is 0 Å². The highest BCUT2D eigenvalue weighted by molar-refractivity contribution is 7.26. The third kappa shape index (κ3) is 3.00. The van der Waals surface area contributed by atoms with E-state index in [-0.39, 0.29) is 0 Å². The van der Waals surface area contributed by atoms with Crippen molar-refractivity contribution < 1.29 is 0 Å². The fourth-order valence-electron chi connectivity index (χ4n) is 4.66. The molecule has 2 nitrogen and oxygen atoms in total. The molecule has 0 unspecified atom stereocenters. The Morgan fingerprint density at radius 3 is 2.58 bits per heavy atom. The van der Waals surface area contributed by atoms with Crippen molar-refractivity contribution in [3.05, 3.63) is 84.6 Å². The predicted molar refractivity (Wildman–Crippen MR) is 134 cm³/mol. The Labute approximate surface area is 185 Å². The van der Waals surface area contributed by atoms with E-state index in [4.69, 9.17) is 4.98 Å². The van der Waals surface area contributed by atoms with Crippen LogP contribution in [0.3, 0.4) is 0 Å². The maximum atomic E-state index is 5.17. The maximum Gasteiger partial charge on any atom is 0.124 e. The molecule has 0 fully saturated rings. The normalized spacial score (nSPS) is 12.0. The van der Waals surface area contributed by atoms with Crippen LogP contribution in [0.1, 0.15) is 19.4 Å². The van der Waals surface area contributed by atoms with Gasteiger partial charge in [0, 0.05) is 32.6 Å². The molecule has 3 heterocycles. The van der Waals surface area contributed by atoms with Gasteiger partial charge in [0.25, 0.3) is 0 Å². The van der Waals surface area contributed by atoms with E-state index >= 15 is 0 Å². The van der Waals surface area contributed by atoms with Crippen LogP contribution in [-0.4, -0.2) is 9.97 Å². The Balaban J connectivity index is 1.68. The summed E-state index contributed by atoms with van der Waals surface area (Å²) in [5.41, 5.74) is 4.70. The molecule has 0 aliphatic carbocycles. The predicted octanol–water partition coefficient (Wildman–Crippen LogP) is 8.02. The molecule has 0 saturated carbocycles. The van der Waals surface area contributed by atoms with E-state index in [0.29, 0.717) is 5.92 Å². The summed E-state index contributed by atoms with van der Waals surface area (Å²) in [5.74, 6) is 0.571. The Hall–Kier alpha value is -3.30. The Bertz CT molecular complexity index is 1590. The van der Waals surface area contributed by atoms with Gasteiger partial charge in [0.1, 0.15) is 4.83 Å². The van der Waals surface area contributed by atoms with Gasteiger partial charge in [-0.1, -0.05) is 62.4 Å². The van der Waals surface area contributed by atoms with Crippen LogP contribution in [0.4, 0.5) is 0 Å².